The number of likely N-dealkylation sites (tertiary alicyclic amines) is 1. The van der Waals surface area contributed by atoms with E-state index in [2.05, 4.69) is 31.1 Å². The van der Waals surface area contributed by atoms with Crippen molar-refractivity contribution in [3.05, 3.63) is 41.0 Å². The lowest BCUT2D eigenvalue weighted by Gasteiger charge is -2.37. The van der Waals surface area contributed by atoms with Crippen LogP contribution < -0.4 is 5.32 Å². The molecule has 1 aromatic heterocycles. The van der Waals surface area contributed by atoms with E-state index >= 15 is 0 Å². The van der Waals surface area contributed by atoms with E-state index in [-0.39, 0.29) is 42.0 Å². The van der Waals surface area contributed by atoms with Crippen LogP contribution >= 0.6 is 11.3 Å². The Morgan fingerprint density at radius 1 is 1.25 bits per heavy atom. The highest BCUT2D eigenvalue weighted by atomic mass is 32.1. The number of aryl methyl sites for hydroxylation is 1. The topological polar surface area (TPSA) is 82.5 Å². The van der Waals surface area contributed by atoms with Gasteiger partial charge in [0.2, 0.25) is 11.8 Å². The molecule has 7 heteroatoms. The average Bonchev–Trinajstić information content (AvgIpc) is 3.30. The van der Waals surface area contributed by atoms with Gasteiger partial charge in [-0.25, -0.2) is 4.98 Å². The monoisotopic (exact) mass is 457 g/mol. The molecule has 2 N–H and O–H groups in total. The predicted octanol–water partition coefficient (Wildman–Crippen LogP) is 4.01. The summed E-state index contributed by atoms with van der Waals surface area (Å²) in [7, 11) is 0. The summed E-state index contributed by atoms with van der Waals surface area (Å²) in [5, 5.41) is 13.2. The van der Waals surface area contributed by atoms with E-state index in [0.29, 0.717) is 6.54 Å². The molecule has 1 aromatic carbocycles. The summed E-state index contributed by atoms with van der Waals surface area (Å²) in [5.41, 5.74) is 4.72. The number of aliphatic hydroxyl groups excluding tert-OH is 1. The third kappa shape index (κ3) is 5.38. The maximum Gasteiger partial charge on any atom is 0.243 e. The van der Waals surface area contributed by atoms with E-state index in [0.717, 1.165) is 21.7 Å². The van der Waals surface area contributed by atoms with Crippen LogP contribution in [0, 0.1) is 24.2 Å². The maximum atomic E-state index is 13.4. The van der Waals surface area contributed by atoms with Crippen molar-refractivity contribution < 1.29 is 14.7 Å². The number of carbonyl (C=O) groups excluding carboxylic acids is 2. The van der Waals surface area contributed by atoms with Crippen LogP contribution in [-0.4, -0.2) is 45.5 Å². The molecule has 1 aliphatic rings. The largest absolute Gasteiger partial charge is 0.391 e. The molecular formula is C25H35N3O3S. The molecular weight excluding hydrogens is 422 g/mol. The third-order valence-corrected chi connectivity index (χ3v) is 7.14. The molecule has 2 heterocycles. The van der Waals surface area contributed by atoms with Crippen LogP contribution in [0.15, 0.2) is 29.8 Å². The van der Waals surface area contributed by atoms with Crippen molar-refractivity contribution in [2.75, 3.05) is 6.54 Å². The molecule has 1 fully saturated rings. The molecule has 0 spiro atoms. The van der Waals surface area contributed by atoms with Crippen molar-refractivity contribution in [2.24, 2.45) is 17.3 Å². The van der Waals surface area contributed by atoms with Crippen LogP contribution in [0.3, 0.4) is 0 Å². The van der Waals surface area contributed by atoms with E-state index < -0.39 is 12.1 Å². The number of aliphatic hydroxyl groups is 1. The number of benzene rings is 1. The summed E-state index contributed by atoms with van der Waals surface area (Å²) in [6, 6.07) is 7.42. The molecule has 0 radical (unpaired) electrons. The molecule has 6 nitrogen and oxygen atoms in total. The van der Waals surface area contributed by atoms with Crippen molar-refractivity contribution in [3.8, 4) is 10.4 Å². The van der Waals surface area contributed by atoms with Gasteiger partial charge in [-0.3, -0.25) is 9.59 Å². The highest BCUT2D eigenvalue weighted by molar-refractivity contribution is 7.13. The Hall–Kier alpha value is -2.25. The lowest BCUT2D eigenvalue weighted by Crippen LogP contribution is -2.50. The first-order valence-corrected chi connectivity index (χ1v) is 12.1. The number of nitrogens with one attached hydrogen (secondary N) is 1. The number of β-amino-alcohol motifs (C(OH)–C–C–N with tert-alkyl or cyclic N) is 1. The van der Waals surface area contributed by atoms with Gasteiger partial charge in [0.1, 0.15) is 6.04 Å². The van der Waals surface area contributed by atoms with Gasteiger partial charge in [-0.1, -0.05) is 58.9 Å². The van der Waals surface area contributed by atoms with E-state index in [9.17, 15) is 14.7 Å². The van der Waals surface area contributed by atoms with E-state index in [1.54, 1.807) is 16.2 Å². The normalized spacial score (nSPS) is 19.9. The number of thiazole rings is 1. The molecule has 0 bridgehead atoms. The van der Waals surface area contributed by atoms with Gasteiger partial charge >= 0.3 is 0 Å². The summed E-state index contributed by atoms with van der Waals surface area (Å²) in [5.74, 6) is -0.335. The molecule has 0 saturated carbocycles. The van der Waals surface area contributed by atoms with Crippen molar-refractivity contribution in [1.82, 2.24) is 15.2 Å². The number of amides is 2. The first-order chi connectivity index (χ1) is 15.0. The quantitative estimate of drug-likeness (QED) is 0.687. The number of aromatic nitrogens is 1. The van der Waals surface area contributed by atoms with Crippen LogP contribution in [0.4, 0.5) is 0 Å². The minimum Gasteiger partial charge on any atom is -0.391 e. The second-order valence-corrected chi connectivity index (χ2v) is 11.0. The fourth-order valence-corrected chi connectivity index (χ4v) is 5.61. The summed E-state index contributed by atoms with van der Waals surface area (Å²) in [6.07, 6.45) is -0.403. The van der Waals surface area contributed by atoms with E-state index in [4.69, 9.17) is 0 Å². The van der Waals surface area contributed by atoms with Gasteiger partial charge in [0.15, 0.2) is 0 Å². The summed E-state index contributed by atoms with van der Waals surface area (Å²) >= 11 is 1.61. The SMILES string of the molecule is Cc1ncsc1-c1ccc(CNC(=O)C2C[C@@H](O)CN2C(=O)[C@@H](C(C)C)C(C)(C)C)cc1. The zero-order chi connectivity index (χ0) is 23.6. The number of carbonyl (C=O) groups is 2. The van der Waals surface area contributed by atoms with Gasteiger partial charge < -0.3 is 15.3 Å². The van der Waals surface area contributed by atoms with Gasteiger partial charge in [0, 0.05) is 25.4 Å². The Labute approximate surface area is 195 Å². The predicted molar refractivity (Wildman–Crippen MR) is 128 cm³/mol. The number of hydrogen-bond acceptors (Lipinski definition) is 5. The van der Waals surface area contributed by atoms with E-state index in [1.807, 2.05) is 50.5 Å². The molecule has 2 amide bonds. The third-order valence-electron chi connectivity index (χ3n) is 6.16. The minimum absolute atomic E-state index is 0.0477. The summed E-state index contributed by atoms with van der Waals surface area (Å²) < 4.78 is 0. The fraction of sp³-hybridized carbons (Fsp3) is 0.560. The lowest BCUT2D eigenvalue weighted by molar-refractivity contribution is -0.146. The molecule has 1 aliphatic heterocycles. The Morgan fingerprint density at radius 2 is 1.91 bits per heavy atom. The van der Waals surface area contributed by atoms with Crippen LogP contribution in [0.25, 0.3) is 10.4 Å². The van der Waals surface area contributed by atoms with E-state index in [1.165, 1.54) is 0 Å². The average molecular weight is 458 g/mol. The van der Waals surface area contributed by atoms with Gasteiger partial charge in [0.25, 0.3) is 0 Å². The minimum atomic E-state index is -0.676. The number of hydrogen-bond donors (Lipinski definition) is 2. The molecule has 3 atom stereocenters. The summed E-state index contributed by atoms with van der Waals surface area (Å²) in [4.78, 5) is 33.4. The van der Waals surface area contributed by atoms with Gasteiger partial charge in [-0.05, 0) is 29.4 Å². The van der Waals surface area contributed by atoms with Crippen molar-refractivity contribution in [2.45, 2.75) is 66.7 Å². The Morgan fingerprint density at radius 3 is 2.44 bits per heavy atom. The first-order valence-electron chi connectivity index (χ1n) is 11.2. The zero-order valence-electron chi connectivity index (χ0n) is 19.9. The lowest BCUT2D eigenvalue weighted by atomic mass is 9.73. The fourth-order valence-electron chi connectivity index (χ4n) is 4.80. The summed E-state index contributed by atoms with van der Waals surface area (Å²) in [6.45, 7) is 12.8. The van der Waals surface area contributed by atoms with Crippen molar-refractivity contribution in [1.29, 1.82) is 0 Å². The zero-order valence-corrected chi connectivity index (χ0v) is 20.7. The second-order valence-electron chi connectivity index (χ2n) is 10.2. The van der Waals surface area contributed by atoms with Gasteiger partial charge in [-0.15, -0.1) is 11.3 Å². The van der Waals surface area contributed by atoms with Gasteiger partial charge in [0.05, 0.1) is 22.2 Å². The molecule has 32 heavy (non-hydrogen) atoms. The second kappa shape index (κ2) is 9.71. The number of nitrogens with zero attached hydrogens (tertiary/aromatic N) is 2. The molecule has 3 rings (SSSR count). The highest BCUT2D eigenvalue weighted by Gasteiger charge is 2.44. The Balaban J connectivity index is 1.67. The van der Waals surface area contributed by atoms with Crippen LogP contribution in [-0.2, 0) is 16.1 Å². The molecule has 1 unspecified atom stereocenters. The number of rotatable bonds is 6. The van der Waals surface area contributed by atoms with Crippen LogP contribution in [0.1, 0.15) is 52.3 Å². The van der Waals surface area contributed by atoms with Crippen molar-refractivity contribution in [3.63, 3.8) is 0 Å². The van der Waals surface area contributed by atoms with Gasteiger partial charge in [-0.2, -0.15) is 0 Å². The standard InChI is InChI=1S/C25H35N3O3S/c1-15(2)21(25(4,5)6)24(31)28-13-19(29)11-20(28)23(30)26-12-17-7-9-18(10-8-17)22-16(3)27-14-32-22/h7-10,14-15,19-21,29H,11-13H2,1-6H3,(H,26,30)/t19-,20?,21-/m1/s1. The van der Waals surface area contributed by atoms with Crippen molar-refractivity contribution >= 4 is 23.2 Å². The molecule has 2 aromatic rings. The maximum absolute atomic E-state index is 13.4. The van der Waals surface area contributed by atoms with Crippen LogP contribution in [0.2, 0.25) is 0 Å². The molecule has 174 valence electrons. The Kier molecular flexibility index (Phi) is 7.40. The smallest absolute Gasteiger partial charge is 0.243 e. The molecule has 1 saturated heterocycles. The first kappa shape index (κ1) is 24.4. The van der Waals surface area contributed by atoms with Crippen LogP contribution in [0.5, 0.6) is 0 Å². The highest BCUT2D eigenvalue weighted by Crippen LogP contribution is 2.35. The Bertz CT molecular complexity index is 946. The molecule has 0 aliphatic carbocycles.